The second-order valence-corrected chi connectivity index (χ2v) is 3.33. The zero-order valence-corrected chi connectivity index (χ0v) is 7.59. The lowest BCUT2D eigenvalue weighted by molar-refractivity contribution is 0.150. The van der Waals surface area contributed by atoms with Crippen LogP contribution < -0.4 is 5.90 Å². The smallest absolute Gasteiger partial charge is 0.0722 e. The third-order valence-electron chi connectivity index (χ3n) is 1.43. The van der Waals surface area contributed by atoms with Crippen molar-refractivity contribution in [2.45, 2.75) is 27.7 Å². The van der Waals surface area contributed by atoms with Crippen LogP contribution >= 0.6 is 0 Å². The average molecular weight is 156 g/mol. The fourth-order valence-electron chi connectivity index (χ4n) is 0.788. The Kier molecular flexibility index (Phi) is 3.82. The molecule has 0 saturated carbocycles. The van der Waals surface area contributed by atoms with Gasteiger partial charge in [0, 0.05) is 0 Å². The standard InChI is InChI=1S/C8H16N2O/c1-5-7(6-10-11-9)8(2,3)4/h5-6H,9H2,1-4H3/b7-5+,10-6-. The Morgan fingerprint density at radius 2 is 2.00 bits per heavy atom. The highest BCUT2D eigenvalue weighted by atomic mass is 16.7. The molecule has 0 radical (unpaired) electrons. The molecule has 0 bridgehead atoms. The molecule has 0 aliphatic heterocycles. The first-order chi connectivity index (χ1) is 5.02. The van der Waals surface area contributed by atoms with E-state index in [2.05, 4.69) is 30.9 Å². The lowest BCUT2D eigenvalue weighted by Gasteiger charge is -2.18. The first-order valence-electron chi connectivity index (χ1n) is 3.58. The van der Waals surface area contributed by atoms with Crippen molar-refractivity contribution < 1.29 is 4.94 Å². The molecule has 3 heteroatoms. The Hall–Kier alpha value is -0.830. The van der Waals surface area contributed by atoms with E-state index in [9.17, 15) is 0 Å². The minimum absolute atomic E-state index is 0.0940. The summed E-state index contributed by atoms with van der Waals surface area (Å²) < 4.78 is 0. The fraction of sp³-hybridized carbons (Fsp3) is 0.625. The van der Waals surface area contributed by atoms with Gasteiger partial charge in [0.2, 0.25) is 0 Å². The second-order valence-electron chi connectivity index (χ2n) is 3.33. The average Bonchev–Trinajstić information content (AvgIpc) is 1.87. The third-order valence-corrected chi connectivity index (χ3v) is 1.43. The Morgan fingerprint density at radius 1 is 1.45 bits per heavy atom. The molecule has 0 amide bonds. The van der Waals surface area contributed by atoms with Gasteiger partial charge in [-0.25, -0.2) is 0 Å². The van der Waals surface area contributed by atoms with Crippen molar-refractivity contribution in [2.75, 3.05) is 0 Å². The minimum atomic E-state index is 0.0940. The molecule has 0 aliphatic rings. The van der Waals surface area contributed by atoms with E-state index in [-0.39, 0.29) is 5.41 Å². The van der Waals surface area contributed by atoms with E-state index in [4.69, 9.17) is 5.90 Å². The van der Waals surface area contributed by atoms with Gasteiger partial charge in [-0.3, -0.25) is 0 Å². The topological polar surface area (TPSA) is 47.6 Å². The molecule has 0 spiro atoms. The molecule has 0 heterocycles. The number of hydrogen-bond donors (Lipinski definition) is 1. The number of nitrogens with zero attached hydrogens (tertiary/aromatic N) is 1. The van der Waals surface area contributed by atoms with Gasteiger partial charge in [-0.2, -0.15) is 0 Å². The molecule has 0 rings (SSSR count). The van der Waals surface area contributed by atoms with Crippen LogP contribution in [0.3, 0.4) is 0 Å². The number of allylic oxidation sites excluding steroid dienone is 2. The Balaban J connectivity index is 4.33. The molecule has 64 valence electrons. The van der Waals surface area contributed by atoms with Crippen molar-refractivity contribution in [2.24, 2.45) is 16.5 Å². The lowest BCUT2D eigenvalue weighted by atomic mass is 9.87. The maximum atomic E-state index is 4.75. The molecular weight excluding hydrogens is 140 g/mol. The highest BCUT2D eigenvalue weighted by Crippen LogP contribution is 2.22. The van der Waals surface area contributed by atoms with Crippen LogP contribution in [0.4, 0.5) is 0 Å². The lowest BCUT2D eigenvalue weighted by Crippen LogP contribution is -2.10. The molecule has 0 aromatic rings. The summed E-state index contributed by atoms with van der Waals surface area (Å²) in [5.41, 5.74) is 1.19. The van der Waals surface area contributed by atoms with Gasteiger partial charge < -0.3 is 4.94 Å². The van der Waals surface area contributed by atoms with Gasteiger partial charge in [-0.15, -0.1) is 5.90 Å². The van der Waals surface area contributed by atoms with Gasteiger partial charge in [0.25, 0.3) is 0 Å². The van der Waals surface area contributed by atoms with Crippen molar-refractivity contribution >= 4 is 6.21 Å². The maximum absolute atomic E-state index is 4.75. The van der Waals surface area contributed by atoms with Gasteiger partial charge in [-0.05, 0) is 17.9 Å². The summed E-state index contributed by atoms with van der Waals surface area (Å²) in [6.45, 7) is 8.27. The number of oxime groups is 1. The SMILES string of the molecule is C/C=C(\C=N/ON)C(C)(C)C. The Morgan fingerprint density at radius 3 is 2.27 bits per heavy atom. The summed E-state index contributed by atoms with van der Waals surface area (Å²) in [7, 11) is 0. The monoisotopic (exact) mass is 156 g/mol. The van der Waals surface area contributed by atoms with E-state index >= 15 is 0 Å². The summed E-state index contributed by atoms with van der Waals surface area (Å²) in [5.74, 6) is 4.75. The molecule has 0 aromatic heterocycles. The highest BCUT2D eigenvalue weighted by Gasteiger charge is 2.13. The molecule has 2 N–H and O–H groups in total. The summed E-state index contributed by atoms with van der Waals surface area (Å²) in [5, 5.41) is 3.49. The van der Waals surface area contributed by atoms with Crippen molar-refractivity contribution in [3.05, 3.63) is 11.6 Å². The molecular formula is C8H16N2O. The first kappa shape index (κ1) is 10.2. The van der Waals surface area contributed by atoms with Crippen LogP contribution in [-0.4, -0.2) is 6.21 Å². The molecule has 11 heavy (non-hydrogen) atoms. The number of rotatable bonds is 2. The molecule has 0 saturated heterocycles. The van der Waals surface area contributed by atoms with Gasteiger partial charge in [0.05, 0.1) is 6.21 Å². The van der Waals surface area contributed by atoms with Crippen LogP contribution in [0, 0.1) is 5.41 Å². The summed E-state index contributed by atoms with van der Waals surface area (Å²) in [6, 6.07) is 0. The van der Waals surface area contributed by atoms with E-state index in [1.807, 2.05) is 13.0 Å². The normalized spacial score (nSPS) is 14.1. The van der Waals surface area contributed by atoms with Gasteiger partial charge >= 0.3 is 0 Å². The van der Waals surface area contributed by atoms with Crippen LogP contribution in [0.25, 0.3) is 0 Å². The van der Waals surface area contributed by atoms with Gasteiger partial charge in [-0.1, -0.05) is 32.0 Å². The summed E-state index contributed by atoms with van der Waals surface area (Å²) >= 11 is 0. The van der Waals surface area contributed by atoms with Crippen LogP contribution in [0.2, 0.25) is 0 Å². The Bertz CT molecular complexity index is 165. The summed E-state index contributed by atoms with van der Waals surface area (Å²) in [4.78, 5) is 4.10. The third kappa shape index (κ3) is 3.78. The summed E-state index contributed by atoms with van der Waals surface area (Å²) in [6.07, 6.45) is 3.61. The van der Waals surface area contributed by atoms with Crippen molar-refractivity contribution in [3.8, 4) is 0 Å². The van der Waals surface area contributed by atoms with E-state index in [0.29, 0.717) is 0 Å². The van der Waals surface area contributed by atoms with E-state index in [1.54, 1.807) is 6.21 Å². The quantitative estimate of drug-likeness (QED) is 0.490. The molecule has 0 atom stereocenters. The zero-order chi connectivity index (χ0) is 8.91. The van der Waals surface area contributed by atoms with E-state index in [0.717, 1.165) is 5.57 Å². The predicted molar refractivity (Wildman–Crippen MR) is 47.0 cm³/mol. The van der Waals surface area contributed by atoms with Crippen LogP contribution in [-0.2, 0) is 4.94 Å². The number of hydrogen-bond acceptors (Lipinski definition) is 3. The second kappa shape index (κ2) is 4.13. The molecule has 0 aromatic carbocycles. The van der Waals surface area contributed by atoms with Crippen LogP contribution in [0.1, 0.15) is 27.7 Å². The van der Waals surface area contributed by atoms with Crippen LogP contribution in [0.5, 0.6) is 0 Å². The Labute approximate surface area is 67.9 Å². The minimum Gasteiger partial charge on any atom is -0.303 e. The zero-order valence-electron chi connectivity index (χ0n) is 7.59. The maximum Gasteiger partial charge on any atom is 0.0722 e. The molecule has 3 nitrogen and oxygen atoms in total. The molecule has 0 fully saturated rings. The van der Waals surface area contributed by atoms with E-state index in [1.165, 1.54) is 0 Å². The van der Waals surface area contributed by atoms with Gasteiger partial charge in [0.1, 0.15) is 0 Å². The fourth-order valence-corrected chi connectivity index (χ4v) is 0.788. The highest BCUT2D eigenvalue weighted by molar-refractivity contribution is 5.79. The molecule has 0 unspecified atom stereocenters. The number of nitrogens with two attached hydrogens (primary N) is 1. The van der Waals surface area contributed by atoms with E-state index < -0.39 is 0 Å². The largest absolute Gasteiger partial charge is 0.303 e. The van der Waals surface area contributed by atoms with Crippen molar-refractivity contribution in [1.82, 2.24) is 0 Å². The predicted octanol–water partition coefficient (Wildman–Crippen LogP) is 1.85. The first-order valence-corrected chi connectivity index (χ1v) is 3.58. The van der Waals surface area contributed by atoms with Crippen LogP contribution in [0.15, 0.2) is 16.8 Å². The van der Waals surface area contributed by atoms with Crippen molar-refractivity contribution in [3.63, 3.8) is 0 Å². The van der Waals surface area contributed by atoms with Crippen molar-refractivity contribution in [1.29, 1.82) is 0 Å². The molecule has 0 aliphatic carbocycles. The van der Waals surface area contributed by atoms with Gasteiger partial charge in [0.15, 0.2) is 0 Å².